The predicted molar refractivity (Wildman–Crippen MR) is 21.9 cm³/mol. The van der Waals surface area contributed by atoms with E-state index in [2.05, 4.69) is 17.4 Å². The first-order valence-electron chi connectivity index (χ1n) is 1.69. The van der Waals surface area contributed by atoms with E-state index < -0.39 is 0 Å². The summed E-state index contributed by atoms with van der Waals surface area (Å²) in [6.45, 7) is 0. The van der Waals surface area contributed by atoms with E-state index in [4.69, 9.17) is 0 Å². The van der Waals surface area contributed by atoms with Crippen LogP contribution in [0.3, 0.4) is 0 Å². The smallest absolute Gasteiger partial charge is 0.543 e. The molecule has 0 bridgehead atoms. The van der Waals surface area contributed by atoms with E-state index in [-0.39, 0.29) is 37.7 Å². The van der Waals surface area contributed by atoms with Crippen LogP contribution in [0.4, 0.5) is 0 Å². The molecule has 0 radical (unpaired) electrons. The molecule has 0 unspecified atom stereocenters. The molecule has 0 aliphatic heterocycles. The SMILES string of the molecule is [Li+].[Li+].[c-]1ccc[c-]n1. The van der Waals surface area contributed by atoms with Crippen molar-refractivity contribution in [1.29, 1.82) is 0 Å². The van der Waals surface area contributed by atoms with Gasteiger partial charge in [-0.05, 0) is 0 Å². The number of aromatic nitrogens is 1. The minimum atomic E-state index is 0. The Kier molecular flexibility index (Phi) is 10.3. The van der Waals surface area contributed by atoms with Gasteiger partial charge in [-0.25, -0.2) is 0 Å². The van der Waals surface area contributed by atoms with E-state index in [0.29, 0.717) is 0 Å². The third-order valence-electron chi connectivity index (χ3n) is 0.471. The van der Waals surface area contributed by atoms with Crippen molar-refractivity contribution in [1.82, 2.24) is 4.98 Å². The fourth-order valence-electron chi connectivity index (χ4n) is 0.246. The van der Waals surface area contributed by atoms with Crippen LogP contribution in [0.1, 0.15) is 0 Å². The van der Waals surface area contributed by atoms with Gasteiger partial charge in [-0.1, -0.05) is 0 Å². The van der Waals surface area contributed by atoms with Gasteiger partial charge in [0.15, 0.2) is 0 Å². The van der Waals surface area contributed by atoms with Crippen LogP contribution < -0.4 is 37.7 Å². The zero-order valence-electron chi connectivity index (χ0n) is 5.18. The number of hydrogen-bond donors (Lipinski definition) is 0. The van der Waals surface area contributed by atoms with Crippen molar-refractivity contribution in [2.75, 3.05) is 0 Å². The summed E-state index contributed by atoms with van der Waals surface area (Å²) in [5.74, 6) is 0. The first kappa shape index (κ1) is 11.2. The summed E-state index contributed by atoms with van der Waals surface area (Å²) in [6.07, 6.45) is 5.17. The molecule has 8 heavy (non-hydrogen) atoms. The second-order valence-corrected chi connectivity index (χ2v) is 0.896. The normalized spacial score (nSPS) is 6.00. The zero-order chi connectivity index (χ0) is 4.24. The van der Waals surface area contributed by atoms with Gasteiger partial charge in [-0.15, -0.1) is 0 Å². The van der Waals surface area contributed by atoms with Gasteiger partial charge >= 0.3 is 37.7 Å². The minimum absolute atomic E-state index is 0. The van der Waals surface area contributed by atoms with Crippen molar-refractivity contribution in [2.24, 2.45) is 0 Å². The molecule has 0 aliphatic carbocycles. The van der Waals surface area contributed by atoms with E-state index in [9.17, 15) is 0 Å². The minimum Gasteiger partial charge on any atom is -0.543 e. The molecule has 1 rings (SSSR count). The van der Waals surface area contributed by atoms with E-state index >= 15 is 0 Å². The Morgan fingerprint density at radius 2 is 1.50 bits per heavy atom. The van der Waals surface area contributed by atoms with Crippen molar-refractivity contribution < 1.29 is 37.7 Å². The van der Waals surface area contributed by atoms with Crippen LogP contribution in [0.25, 0.3) is 0 Å². The molecular formula is C5H3Li2N. The Hall–Kier alpha value is 0.345. The first-order chi connectivity index (χ1) is 3.00. The maximum absolute atomic E-state index is 3.53. The molecule has 30 valence electrons. The van der Waals surface area contributed by atoms with Crippen LogP contribution in [0, 0.1) is 12.4 Å². The van der Waals surface area contributed by atoms with E-state index in [1.54, 1.807) is 12.1 Å². The van der Waals surface area contributed by atoms with Gasteiger partial charge in [0.1, 0.15) is 0 Å². The summed E-state index contributed by atoms with van der Waals surface area (Å²) >= 11 is 0. The number of nitrogens with zero attached hydrogens (tertiary/aromatic N) is 1. The molecular weight excluding hydrogens is 87.9 g/mol. The summed E-state index contributed by atoms with van der Waals surface area (Å²) in [6, 6.07) is 5.29. The molecule has 0 aliphatic rings. The Labute approximate surface area is 73.2 Å². The first-order valence-corrected chi connectivity index (χ1v) is 1.69. The van der Waals surface area contributed by atoms with Crippen LogP contribution in [0.15, 0.2) is 18.2 Å². The van der Waals surface area contributed by atoms with Crippen LogP contribution in [0.2, 0.25) is 0 Å². The summed E-state index contributed by atoms with van der Waals surface area (Å²) in [4.78, 5) is 3.53. The number of hydrogen-bond acceptors (Lipinski definition) is 1. The topological polar surface area (TPSA) is 12.9 Å². The van der Waals surface area contributed by atoms with E-state index in [0.717, 1.165) is 0 Å². The Bertz CT molecular complexity index is 82.4. The third kappa shape index (κ3) is 4.50. The van der Waals surface area contributed by atoms with Crippen LogP contribution in [-0.2, 0) is 0 Å². The second kappa shape index (κ2) is 7.34. The fraction of sp³-hybridized carbons (Fsp3) is 0. The van der Waals surface area contributed by atoms with Gasteiger partial charge in [0.05, 0.1) is 0 Å². The van der Waals surface area contributed by atoms with E-state index in [1.165, 1.54) is 0 Å². The van der Waals surface area contributed by atoms with E-state index in [1.807, 2.05) is 6.07 Å². The Balaban J connectivity index is 0. The largest absolute Gasteiger partial charge is 1.00 e. The number of rotatable bonds is 0. The zero-order valence-corrected chi connectivity index (χ0v) is 5.18. The standard InChI is InChI=1S/C5H3N.2Li/c1-2-4-6-5-3-1;;/h1-3H;;/q-2;2*+1. The van der Waals surface area contributed by atoms with Gasteiger partial charge in [-0.2, -0.15) is 0 Å². The van der Waals surface area contributed by atoms with Crippen LogP contribution >= 0.6 is 0 Å². The van der Waals surface area contributed by atoms with Crippen molar-refractivity contribution in [3.8, 4) is 0 Å². The van der Waals surface area contributed by atoms with Crippen molar-refractivity contribution in [2.45, 2.75) is 0 Å². The molecule has 0 saturated heterocycles. The maximum Gasteiger partial charge on any atom is 1.00 e. The van der Waals surface area contributed by atoms with Gasteiger partial charge in [0, 0.05) is 0 Å². The molecule has 0 spiro atoms. The van der Waals surface area contributed by atoms with Crippen molar-refractivity contribution in [3.05, 3.63) is 30.6 Å². The average Bonchev–Trinajstić information content (AvgIpc) is 1.72. The molecule has 3 heteroatoms. The molecule has 0 amide bonds. The van der Waals surface area contributed by atoms with Crippen LogP contribution in [-0.4, -0.2) is 4.98 Å². The summed E-state index contributed by atoms with van der Waals surface area (Å²) < 4.78 is 0. The Morgan fingerprint density at radius 3 is 1.62 bits per heavy atom. The monoisotopic (exact) mass is 91.1 g/mol. The molecule has 1 aromatic rings. The summed E-state index contributed by atoms with van der Waals surface area (Å²) in [5, 5.41) is 0. The predicted octanol–water partition coefficient (Wildman–Crippen LogP) is -5.31. The van der Waals surface area contributed by atoms with Gasteiger partial charge in [0.25, 0.3) is 0 Å². The quantitative estimate of drug-likeness (QED) is 0.229. The second-order valence-electron chi connectivity index (χ2n) is 0.896. The molecule has 0 atom stereocenters. The molecule has 0 N–H and O–H groups in total. The maximum atomic E-state index is 3.53. The molecule has 0 aromatic carbocycles. The Morgan fingerprint density at radius 1 is 1.00 bits per heavy atom. The van der Waals surface area contributed by atoms with Crippen LogP contribution in [0.5, 0.6) is 0 Å². The molecule has 0 fully saturated rings. The summed E-state index contributed by atoms with van der Waals surface area (Å²) in [7, 11) is 0. The fourth-order valence-corrected chi connectivity index (χ4v) is 0.246. The third-order valence-corrected chi connectivity index (χ3v) is 0.471. The van der Waals surface area contributed by atoms with Gasteiger partial charge < -0.3 is 4.98 Å². The van der Waals surface area contributed by atoms with Gasteiger partial charge in [-0.3, -0.25) is 30.6 Å². The molecule has 1 heterocycles. The van der Waals surface area contributed by atoms with Crippen molar-refractivity contribution >= 4 is 0 Å². The molecule has 1 aromatic heterocycles. The van der Waals surface area contributed by atoms with Crippen molar-refractivity contribution in [3.63, 3.8) is 0 Å². The average molecular weight is 91.0 g/mol. The summed E-state index contributed by atoms with van der Waals surface area (Å²) in [5.41, 5.74) is 0. The molecule has 0 saturated carbocycles. The molecule has 1 nitrogen and oxygen atoms in total. The van der Waals surface area contributed by atoms with Gasteiger partial charge in [0.2, 0.25) is 0 Å². The number of pyridine rings is 1.